The first kappa shape index (κ1) is 16.0. The van der Waals surface area contributed by atoms with Crippen LogP contribution in [0.25, 0.3) is 0 Å². The second kappa shape index (κ2) is 6.38. The fraction of sp³-hybridized carbons (Fsp3) is 0.667. The van der Waals surface area contributed by atoms with E-state index in [2.05, 4.69) is 120 Å². The maximum Gasteiger partial charge on any atom is 0.111 e. The van der Waals surface area contributed by atoms with Crippen molar-refractivity contribution in [3.63, 3.8) is 0 Å². The van der Waals surface area contributed by atoms with Crippen LogP contribution in [-0.2, 0) is 0 Å². The molecule has 86 valence electrons. The normalized spacial score (nSPS) is 14.8. The standard InChI is InChI=1S/C6H9I4N3P2/c1-5(7,8)14-3-4(12-13-11-3)15-6(2,9)10/h14-15H,1-2H3,(H,11,12,13). The molecule has 0 fully saturated rings. The summed E-state index contributed by atoms with van der Waals surface area (Å²) in [5.74, 6) is 0. The molecule has 2 unspecified atom stereocenters. The minimum atomic E-state index is 0.235. The maximum absolute atomic E-state index is 4.25. The Kier molecular flexibility index (Phi) is 6.80. The lowest BCUT2D eigenvalue weighted by molar-refractivity contribution is 0.954. The van der Waals surface area contributed by atoms with E-state index in [0.29, 0.717) is 17.2 Å². The quantitative estimate of drug-likeness (QED) is 0.299. The van der Waals surface area contributed by atoms with E-state index >= 15 is 0 Å². The second-order valence-electron chi connectivity index (χ2n) is 3.05. The predicted octanol–water partition coefficient (Wildman–Crippen LogP) is 3.50. The molecule has 0 saturated heterocycles. The molecule has 0 aliphatic rings. The van der Waals surface area contributed by atoms with Crippen molar-refractivity contribution in [2.24, 2.45) is 0 Å². The molecule has 0 radical (unpaired) electrons. The van der Waals surface area contributed by atoms with Crippen LogP contribution in [0.15, 0.2) is 0 Å². The van der Waals surface area contributed by atoms with E-state index in [1.165, 1.54) is 0 Å². The molecule has 0 aliphatic heterocycles. The molecule has 9 heteroatoms. The summed E-state index contributed by atoms with van der Waals surface area (Å²) in [6, 6.07) is 0. The van der Waals surface area contributed by atoms with Gasteiger partial charge in [-0.2, -0.15) is 15.4 Å². The Morgan fingerprint density at radius 1 is 0.933 bits per heavy atom. The number of halogens is 4. The molecule has 1 rings (SSSR count). The van der Waals surface area contributed by atoms with Crippen molar-refractivity contribution in [3.05, 3.63) is 0 Å². The van der Waals surface area contributed by atoms with Gasteiger partial charge in [-0.15, -0.1) is 0 Å². The van der Waals surface area contributed by atoms with Crippen molar-refractivity contribution in [2.45, 2.75) is 16.2 Å². The SMILES string of the molecule is CC(I)(I)Pc1n[nH]nc1PC(C)(I)I. The topological polar surface area (TPSA) is 41.6 Å². The average molecular weight is 693 g/mol. The van der Waals surface area contributed by atoms with E-state index in [4.69, 9.17) is 0 Å². The first-order chi connectivity index (χ1) is 6.67. The molecule has 1 aromatic rings. The molecular formula is C6H9I4N3P2. The Hall–Kier alpha value is 2.92. The van der Waals surface area contributed by atoms with Gasteiger partial charge in [0.1, 0.15) is 10.9 Å². The number of aromatic nitrogens is 3. The number of alkyl halides is 4. The number of nitrogens with zero attached hydrogens (tertiary/aromatic N) is 2. The van der Waals surface area contributed by atoms with E-state index in [0.717, 1.165) is 10.9 Å². The van der Waals surface area contributed by atoms with Crippen molar-refractivity contribution in [1.82, 2.24) is 15.4 Å². The highest BCUT2D eigenvalue weighted by Crippen LogP contribution is 2.46. The fourth-order valence-corrected chi connectivity index (χ4v) is 5.65. The van der Waals surface area contributed by atoms with Crippen LogP contribution in [-0.4, -0.2) is 17.7 Å². The Bertz CT molecular complexity index is 299. The van der Waals surface area contributed by atoms with E-state index in [9.17, 15) is 0 Å². The van der Waals surface area contributed by atoms with Crippen molar-refractivity contribution in [1.29, 1.82) is 0 Å². The Morgan fingerprint density at radius 3 is 1.53 bits per heavy atom. The summed E-state index contributed by atoms with van der Waals surface area (Å²) in [6.07, 6.45) is 0. The molecule has 0 aromatic carbocycles. The molecule has 0 amide bonds. The van der Waals surface area contributed by atoms with E-state index in [1.54, 1.807) is 0 Å². The van der Waals surface area contributed by atoms with Gasteiger partial charge >= 0.3 is 0 Å². The predicted molar refractivity (Wildman–Crippen MR) is 105 cm³/mol. The second-order valence-corrected chi connectivity index (χ2v) is 23.3. The highest BCUT2D eigenvalue weighted by atomic mass is 127. The fourth-order valence-electron chi connectivity index (χ4n) is 0.821. The third-order valence-electron chi connectivity index (χ3n) is 1.22. The van der Waals surface area contributed by atoms with Gasteiger partial charge < -0.3 is 0 Å². The summed E-state index contributed by atoms with van der Waals surface area (Å²) >= 11 is 9.79. The zero-order valence-electron chi connectivity index (χ0n) is 7.91. The van der Waals surface area contributed by atoms with Gasteiger partial charge in [0.25, 0.3) is 0 Å². The first-order valence-electron chi connectivity index (χ1n) is 3.90. The van der Waals surface area contributed by atoms with Crippen molar-refractivity contribution < 1.29 is 0 Å². The van der Waals surface area contributed by atoms with Gasteiger partial charge in [-0.05, 0) is 31.0 Å². The van der Waals surface area contributed by atoms with Crippen LogP contribution in [0.4, 0.5) is 0 Å². The Labute approximate surface area is 147 Å². The largest absolute Gasteiger partial charge is 0.197 e. The highest BCUT2D eigenvalue weighted by molar-refractivity contribution is 14.2. The van der Waals surface area contributed by atoms with Crippen molar-refractivity contribution >= 4 is 118 Å². The monoisotopic (exact) mass is 693 g/mol. The Balaban J connectivity index is 2.79. The number of hydrogen-bond acceptors (Lipinski definition) is 2. The smallest absolute Gasteiger partial charge is 0.111 e. The third kappa shape index (κ3) is 7.17. The molecule has 1 heterocycles. The summed E-state index contributed by atoms with van der Waals surface area (Å²) in [5.41, 5.74) is 2.28. The minimum absolute atomic E-state index is 0.235. The number of rotatable bonds is 4. The number of nitrogens with one attached hydrogen (secondary N) is 1. The molecule has 0 aliphatic carbocycles. The lowest BCUT2D eigenvalue weighted by Crippen LogP contribution is -2.21. The van der Waals surface area contributed by atoms with Crippen LogP contribution in [0.2, 0.25) is 0 Å². The summed E-state index contributed by atoms with van der Waals surface area (Å²) in [4.78, 5) is 0. The molecule has 1 N–H and O–H groups in total. The lowest BCUT2D eigenvalue weighted by Gasteiger charge is -2.15. The molecule has 0 saturated carbocycles. The van der Waals surface area contributed by atoms with Gasteiger partial charge in [0.15, 0.2) is 0 Å². The molecule has 1 aromatic heterocycles. The zero-order chi connectivity index (χ0) is 11.7. The van der Waals surface area contributed by atoms with Gasteiger partial charge in [0.2, 0.25) is 0 Å². The summed E-state index contributed by atoms with van der Waals surface area (Å²) in [6.45, 7) is 4.42. The molecule has 2 atom stereocenters. The van der Waals surface area contributed by atoms with Crippen LogP contribution in [0.1, 0.15) is 13.8 Å². The minimum Gasteiger partial charge on any atom is -0.197 e. The van der Waals surface area contributed by atoms with Gasteiger partial charge in [-0.1, -0.05) is 90.4 Å². The van der Waals surface area contributed by atoms with Crippen LogP contribution in [0.3, 0.4) is 0 Å². The Morgan fingerprint density at radius 2 is 1.27 bits per heavy atom. The maximum atomic E-state index is 4.25. The van der Waals surface area contributed by atoms with E-state index in [1.807, 2.05) is 0 Å². The molecule has 0 bridgehead atoms. The van der Waals surface area contributed by atoms with Gasteiger partial charge in [-0.25, -0.2) is 0 Å². The van der Waals surface area contributed by atoms with Crippen LogP contribution >= 0.6 is 108 Å². The molecule has 3 nitrogen and oxygen atoms in total. The summed E-state index contributed by atoms with van der Waals surface area (Å²) in [7, 11) is 1.38. The van der Waals surface area contributed by atoms with Crippen molar-refractivity contribution in [2.75, 3.05) is 0 Å². The number of hydrogen-bond donors (Lipinski definition) is 1. The van der Waals surface area contributed by atoms with Crippen molar-refractivity contribution in [3.8, 4) is 0 Å². The molecule has 0 spiro atoms. The third-order valence-corrected chi connectivity index (χ3v) is 6.76. The zero-order valence-corrected chi connectivity index (χ0v) is 18.5. The molecular weight excluding hydrogens is 684 g/mol. The van der Waals surface area contributed by atoms with E-state index in [-0.39, 0.29) is 2.34 Å². The highest BCUT2D eigenvalue weighted by Gasteiger charge is 2.24. The summed E-state index contributed by atoms with van der Waals surface area (Å²) in [5, 5.41) is 11.2. The van der Waals surface area contributed by atoms with Gasteiger partial charge in [0, 0.05) is 0 Å². The lowest BCUT2D eigenvalue weighted by atomic mass is 10.9. The van der Waals surface area contributed by atoms with Gasteiger partial charge in [0.05, 0.1) is 2.34 Å². The van der Waals surface area contributed by atoms with Gasteiger partial charge in [-0.3, -0.25) is 0 Å². The average Bonchev–Trinajstić information content (AvgIpc) is 2.29. The van der Waals surface area contributed by atoms with Crippen LogP contribution < -0.4 is 10.9 Å². The van der Waals surface area contributed by atoms with E-state index < -0.39 is 0 Å². The number of aromatic amines is 1. The first-order valence-corrected chi connectivity index (χ1v) is 10.2. The van der Waals surface area contributed by atoms with Crippen LogP contribution in [0, 0.1) is 0 Å². The van der Waals surface area contributed by atoms with Crippen LogP contribution in [0.5, 0.6) is 0 Å². The molecule has 15 heavy (non-hydrogen) atoms. The number of H-pyrrole nitrogens is 1. The summed E-state index contributed by atoms with van der Waals surface area (Å²) < 4.78 is 0.469.